The van der Waals surface area contributed by atoms with Crippen molar-refractivity contribution in [2.45, 2.75) is 19.3 Å². The summed E-state index contributed by atoms with van der Waals surface area (Å²) in [6, 6.07) is 9.69. The van der Waals surface area contributed by atoms with Gasteiger partial charge in [-0.2, -0.15) is 0 Å². The van der Waals surface area contributed by atoms with Crippen molar-refractivity contribution in [1.29, 1.82) is 0 Å². The zero-order valence-corrected chi connectivity index (χ0v) is 13.9. The summed E-state index contributed by atoms with van der Waals surface area (Å²) in [5, 5.41) is 0. The van der Waals surface area contributed by atoms with Gasteiger partial charge in [0.05, 0.1) is 20.1 Å². The number of esters is 2. The van der Waals surface area contributed by atoms with Crippen LogP contribution in [0.1, 0.15) is 24.8 Å². The van der Waals surface area contributed by atoms with E-state index in [0.29, 0.717) is 0 Å². The molecule has 3 rings (SSSR count). The lowest BCUT2D eigenvalue weighted by Crippen LogP contribution is -2.48. The van der Waals surface area contributed by atoms with Gasteiger partial charge in [0.25, 0.3) is 0 Å². The zero-order chi connectivity index (χ0) is 17.5. The Hall–Kier alpha value is -2.43. The number of Topliss-reactive ketones (excluding diaryl/α,β-unsaturated/α-hetero) is 1. The lowest BCUT2D eigenvalue weighted by molar-refractivity contribution is -0.171. The number of benzene rings is 1. The van der Waals surface area contributed by atoms with Crippen molar-refractivity contribution in [3.05, 3.63) is 48.0 Å². The lowest BCUT2D eigenvalue weighted by atomic mass is 9.66. The van der Waals surface area contributed by atoms with Crippen LogP contribution in [0.25, 0.3) is 0 Å². The van der Waals surface area contributed by atoms with Crippen LogP contribution in [-0.4, -0.2) is 31.9 Å². The van der Waals surface area contributed by atoms with Crippen molar-refractivity contribution in [2.24, 2.45) is 16.7 Å². The van der Waals surface area contributed by atoms with Crippen LogP contribution >= 0.6 is 0 Å². The van der Waals surface area contributed by atoms with E-state index in [1.807, 2.05) is 43.3 Å². The molecule has 0 heterocycles. The SMILES string of the molecule is COC(=O)C1(C(=O)OC)C=C[C@@]2(C)[C@@H](c3ccccc3)CC(=O)[C@@H]12. The molecule has 1 fully saturated rings. The fourth-order valence-corrected chi connectivity index (χ4v) is 4.41. The molecule has 0 aromatic heterocycles. The molecule has 2 aliphatic rings. The number of fused-ring (bicyclic) bond motifs is 1. The molecule has 1 aromatic rings. The van der Waals surface area contributed by atoms with Crippen LogP contribution in [0, 0.1) is 16.7 Å². The Morgan fingerprint density at radius 1 is 1.04 bits per heavy atom. The Kier molecular flexibility index (Phi) is 3.82. The Labute approximate surface area is 140 Å². The molecule has 0 amide bonds. The maximum Gasteiger partial charge on any atom is 0.327 e. The minimum atomic E-state index is -1.70. The number of methoxy groups -OCH3 is 2. The van der Waals surface area contributed by atoms with Gasteiger partial charge in [0.1, 0.15) is 5.78 Å². The van der Waals surface area contributed by atoms with E-state index in [2.05, 4.69) is 0 Å². The predicted molar refractivity (Wildman–Crippen MR) is 86.0 cm³/mol. The van der Waals surface area contributed by atoms with Crippen molar-refractivity contribution in [2.75, 3.05) is 14.2 Å². The maximum atomic E-state index is 12.8. The quantitative estimate of drug-likeness (QED) is 0.484. The molecule has 0 N–H and O–H groups in total. The molecule has 0 unspecified atom stereocenters. The van der Waals surface area contributed by atoms with E-state index < -0.39 is 28.7 Å². The summed E-state index contributed by atoms with van der Waals surface area (Å²) in [5.41, 5.74) is -1.31. The molecule has 0 saturated heterocycles. The first-order valence-corrected chi connectivity index (χ1v) is 7.86. The monoisotopic (exact) mass is 328 g/mol. The van der Waals surface area contributed by atoms with E-state index in [0.717, 1.165) is 5.56 Å². The molecule has 1 saturated carbocycles. The van der Waals surface area contributed by atoms with Crippen LogP contribution in [0.5, 0.6) is 0 Å². The first-order chi connectivity index (χ1) is 11.4. The topological polar surface area (TPSA) is 69.7 Å². The second kappa shape index (κ2) is 5.58. The van der Waals surface area contributed by atoms with Gasteiger partial charge in [-0.25, -0.2) is 0 Å². The van der Waals surface area contributed by atoms with Gasteiger partial charge in [0, 0.05) is 17.8 Å². The first kappa shape index (κ1) is 16.4. The normalized spacial score (nSPS) is 30.0. The third-order valence-corrected chi connectivity index (χ3v) is 5.51. The van der Waals surface area contributed by atoms with E-state index >= 15 is 0 Å². The third-order valence-electron chi connectivity index (χ3n) is 5.51. The average molecular weight is 328 g/mol. The van der Waals surface area contributed by atoms with Gasteiger partial charge in [-0.05, 0) is 5.56 Å². The Morgan fingerprint density at radius 3 is 2.17 bits per heavy atom. The van der Waals surface area contributed by atoms with Crippen LogP contribution in [0.3, 0.4) is 0 Å². The van der Waals surface area contributed by atoms with Crippen molar-refractivity contribution < 1.29 is 23.9 Å². The second-order valence-electron chi connectivity index (χ2n) is 6.62. The summed E-state index contributed by atoms with van der Waals surface area (Å²) in [6.45, 7) is 1.92. The fraction of sp³-hybridized carbons (Fsp3) is 0.421. The molecule has 24 heavy (non-hydrogen) atoms. The van der Waals surface area contributed by atoms with E-state index in [4.69, 9.17) is 9.47 Å². The number of carbonyl (C=O) groups is 3. The molecule has 3 atom stereocenters. The van der Waals surface area contributed by atoms with E-state index in [1.165, 1.54) is 20.3 Å². The van der Waals surface area contributed by atoms with Gasteiger partial charge in [-0.1, -0.05) is 49.4 Å². The molecule has 5 heteroatoms. The number of ketones is 1. The first-order valence-electron chi connectivity index (χ1n) is 7.86. The van der Waals surface area contributed by atoms with Gasteiger partial charge in [0.2, 0.25) is 0 Å². The van der Waals surface area contributed by atoms with Crippen molar-refractivity contribution >= 4 is 17.7 Å². The molecular formula is C19H20O5. The molecule has 0 radical (unpaired) electrons. The third kappa shape index (κ3) is 1.97. The standard InChI is InChI=1S/C19H20O5/c1-18-9-10-19(16(21)23-2,17(22)24-3)15(18)14(20)11-13(18)12-7-5-4-6-8-12/h4-10,13,15H,11H2,1-3H3/t13-,15-,18+/m1/s1. The summed E-state index contributed by atoms with van der Waals surface area (Å²) in [6.07, 6.45) is 3.60. The molecule has 1 aromatic carbocycles. The number of ether oxygens (including phenoxy) is 2. The number of carbonyl (C=O) groups excluding carboxylic acids is 3. The largest absolute Gasteiger partial charge is 0.468 e. The zero-order valence-electron chi connectivity index (χ0n) is 13.9. The summed E-state index contributed by atoms with van der Waals surface area (Å²) < 4.78 is 9.72. The molecule has 2 aliphatic carbocycles. The number of rotatable bonds is 3. The highest BCUT2D eigenvalue weighted by molar-refractivity contribution is 6.09. The molecule has 0 aliphatic heterocycles. The van der Waals surface area contributed by atoms with Crippen LogP contribution in [0.2, 0.25) is 0 Å². The highest BCUT2D eigenvalue weighted by Gasteiger charge is 2.69. The second-order valence-corrected chi connectivity index (χ2v) is 6.62. The van der Waals surface area contributed by atoms with Crippen LogP contribution in [0.15, 0.2) is 42.5 Å². The smallest absolute Gasteiger partial charge is 0.327 e. The van der Waals surface area contributed by atoms with Crippen molar-refractivity contribution in [3.8, 4) is 0 Å². The summed E-state index contributed by atoms with van der Waals surface area (Å²) in [4.78, 5) is 37.8. The summed E-state index contributed by atoms with van der Waals surface area (Å²) in [5.74, 6) is -2.52. The van der Waals surface area contributed by atoms with Crippen LogP contribution < -0.4 is 0 Å². The number of hydrogen-bond acceptors (Lipinski definition) is 5. The highest BCUT2D eigenvalue weighted by atomic mass is 16.5. The minimum Gasteiger partial charge on any atom is -0.468 e. The van der Waals surface area contributed by atoms with Gasteiger partial charge >= 0.3 is 11.9 Å². The van der Waals surface area contributed by atoms with E-state index in [1.54, 1.807) is 0 Å². The van der Waals surface area contributed by atoms with Crippen molar-refractivity contribution in [1.82, 2.24) is 0 Å². The number of allylic oxidation sites excluding steroid dienone is 1. The molecule has 0 spiro atoms. The average Bonchev–Trinajstić information content (AvgIpc) is 3.07. The van der Waals surface area contributed by atoms with Gasteiger partial charge in [-0.3, -0.25) is 14.4 Å². The van der Waals surface area contributed by atoms with E-state index in [9.17, 15) is 14.4 Å². The van der Waals surface area contributed by atoms with Gasteiger partial charge in [-0.15, -0.1) is 0 Å². The molecule has 0 bridgehead atoms. The van der Waals surface area contributed by atoms with Crippen LogP contribution in [-0.2, 0) is 23.9 Å². The Bertz CT molecular complexity index is 705. The molecule has 5 nitrogen and oxygen atoms in total. The highest BCUT2D eigenvalue weighted by Crippen LogP contribution is 2.62. The fourth-order valence-electron chi connectivity index (χ4n) is 4.41. The summed E-state index contributed by atoms with van der Waals surface area (Å²) in [7, 11) is 2.43. The van der Waals surface area contributed by atoms with Gasteiger partial charge < -0.3 is 9.47 Å². The Morgan fingerprint density at radius 2 is 1.62 bits per heavy atom. The number of hydrogen-bond donors (Lipinski definition) is 0. The molecular weight excluding hydrogens is 308 g/mol. The molecule has 126 valence electrons. The Balaban J connectivity index is 2.12. The van der Waals surface area contributed by atoms with Gasteiger partial charge in [0.15, 0.2) is 5.41 Å². The van der Waals surface area contributed by atoms with Crippen LogP contribution in [0.4, 0.5) is 0 Å². The van der Waals surface area contributed by atoms with Crippen molar-refractivity contribution in [3.63, 3.8) is 0 Å². The summed E-state index contributed by atoms with van der Waals surface area (Å²) >= 11 is 0. The minimum absolute atomic E-state index is 0.0939. The predicted octanol–water partition coefficient (Wildman–Crippen LogP) is 2.27. The van der Waals surface area contributed by atoms with E-state index in [-0.39, 0.29) is 18.1 Å². The lowest BCUT2D eigenvalue weighted by Gasteiger charge is -2.35. The maximum absolute atomic E-state index is 12.8.